The summed E-state index contributed by atoms with van der Waals surface area (Å²) in [6.07, 6.45) is 9.36. The van der Waals surface area contributed by atoms with E-state index in [9.17, 15) is 19.2 Å². The highest BCUT2D eigenvalue weighted by Gasteiger charge is 2.26. The van der Waals surface area contributed by atoms with Crippen LogP contribution in [0.25, 0.3) is 0 Å². The second kappa shape index (κ2) is 24.4. The number of carbonyl (C=O) groups is 4. The van der Waals surface area contributed by atoms with Crippen molar-refractivity contribution in [1.82, 2.24) is 19.8 Å². The highest BCUT2D eigenvalue weighted by Crippen LogP contribution is 2.21. The number of rotatable bonds is 13. The van der Waals surface area contributed by atoms with Gasteiger partial charge in [-0.05, 0) is 174 Å². The van der Waals surface area contributed by atoms with Crippen molar-refractivity contribution in [2.45, 2.75) is 126 Å². The Bertz CT molecular complexity index is 1490. The summed E-state index contributed by atoms with van der Waals surface area (Å²) >= 11 is 0. The number of aryl methyl sites for hydroxylation is 2. The number of carboxylic acids is 1. The maximum Gasteiger partial charge on any atom is 0.413 e. The first-order chi connectivity index (χ1) is 25.5. The minimum Gasteiger partial charge on any atom is -0.481 e. The van der Waals surface area contributed by atoms with Crippen molar-refractivity contribution < 1.29 is 38.5 Å². The molecule has 0 bridgehead atoms. The van der Waals surface area contributed by atoms with Crippen LogP contribution in [-0.2, 0) is 36.6 Å². The van der Waals surface area contributed by atoms with Crippen LogP contribution in [0.1, 0.15) is 113 Å². The lowest BCUT2D eigenvalue weighted by Crippen LogP contribution is -2.37. The molecule has 56 heavy (non-hydrogen) atoms. The number of likely N-dealkylation sites (tertiary alicyclic amines) is 2. The van der Waals surface area contributed by atoms with E-state index in [0.717, 1.165) is 102 Å². The molecule has 0 radical (unpaired) electrons. The van der Waals surface area contributed by atoms with Gasteiger partial charge in [-0.15, -0.1) is 0 Å². The lowest BCUT2D eigenvalue weighted by atomic mass is 9.97. The standard InChI is InChI=1S/C21H33N3O4.C19H29N3O4.2CH4/c1-5-27-19(25)17-9-13-24(14-10-17)12-6-7-16-8-11-22-18(15-16)23-20(26)28-21(2,3)4;1-19(2,3)26-18(25)21-16-13-14(6-9-20-16)5-4-10-22-11-7-15(8-12-22)17(23)24;;/h8,11,15,17H,5-7,9-10,12-14H2,1-4H3,(H,22,23,26);6,9,13,15H,4-5,7-8,10-12H2,1-3H3,(H,23,24)(H,20,21,25);2*1H4. The number of aromatic nitrogens is 2. The molecule has 0 spiro atoms. The van der Waals surface area contributed by atoms with E-state index in [1.54, 1.807) is 12.4 Å². The van der Waals surface area contributed by atoms with Gasteiger partial charge >= 0.3 is 24.1 Å². The van der Waals surface area contributed by atoms with Crippen molar-refractivity contribution in [1.29, 1.82) is 0 Å². The number of carbonyl (C=O) groups excluding carboxylic acids is 3. The smallest absolute Gasteiger partial charge is 0.413 e. The lowest BCUT2D eigenvalue weighted by molar-refractivity contribution is -0.149. The summed E-state index contributed by atoms with van der Waals surface area (Å²) in [6.45, 7) is 18.7. The zero-order valence-corrected chi connectivity index (χ0v) is 33.3. The Labute approximate surface area is 335 Å². The molecule has 0 atom stereocenters. The molecular weight excluding hydrogens is 716 g/mol. The number of anilines is 2. The zero-order chi connectivity index (χ0) is 39.7. The van der Waals surface area contributed by atoms with E-state index in [4.69, 9.17) is 19.3 Å². The van der Waals surface area contributed by atoms with Crippen LogP contribution in [0.2, 0.25) is 0 Å². The number of ether oxygens (including phenoxy) is 3. The van der Waals surface area contributed by atoms with Crippen molar-refractivity contribution in [2.24, 2.45) is 11.8 Å². The Morgan fingerprint density at radius 3 is 1.46 bits per heavy atom. The van der Waals surface area contributed by atoms with Gasteiger partial charge in [0.05, 0.1) is 18.4 Å². The molecule has 2 amide bonds. The maximum atomic E-state index is 11.9. The molecular formula is C42H70N6O8. The predicted molar refractivity (Wildman–Crippen MR) is 221 cm³/mol. The number of esters is 1. The van der Waals surface area contributed by atoms with E-state index < -0.39 is 29.4 Å². The summed E-state index contributed by atoms with van der Waals surface area (Å²) in [6, 6.07) is 7.65. The summed E-state index contributed by atoms with van der Waals surface area (Å²) in [5.41, 5.74) is 1.15. The topological polar surface area (TPSA) is 173 Å². The largest absolute Gasteiger partial charge is 0.481 e. The summed E-state index contributed by atoms with van der Waals surface area (Å²) in [7, 11) is 0. The Morgan fingerprint density at radius 1 is 0.714 bits per heavy atom. The highest BCUT2D eigenvalue weighted by atomic mass is 16.6. The van der Waals surface area contributed by atoms with Gasteiger partial charge in [-0.3, -0.25) is 20.2 Å². The average Bonchev–Trinajstić information content (AvgIpc) is 3.08. The molecule has 316 valence electrons. The highest BCUT2D eigenvalue weighted by molar-refractivity contribution is 5.84. The predicted octanol–water partition coefficient (Wildman–Crippen LogP) is 8.07. The van der Waals surface area contributed by atoms with E-state index in [1.807, 2.05) is 72.7 Å². The van der Waals surface area contributed by atoms with Crippen molar-refractivity contribution in [2.75, 3.05) is 56.5 Å². The van der Waals surface area contributed by atoms with E-state index in [0.29, 0.717) is 18.2 Å². The van der Waals surface area contributed by atoms with Crippen LogP contribution in [0.4, 0.5) is 21.2 Å². The first-order valence-electron chi connectivity index (χ1n) is 19.2. The molecule has 0 unspecified atom stereocenters. The molecule has 2 aliphatic heterocycles. The fourth-order valence-electron chi connectivity index (χ4n) is 6.28. The summed E-state index contributed by atoms with van der Waals surface area (Å²) in [5, 5.41) is 14.4. The number of hydrogen-bond donors (Lipinski definition) is 3. The normalized spacial score (nSPS) is 15.5. The third-order valence-electron chi connectivity index (χ3n) is 8.93. The number of nitrogens with one attached hydrogen (secondary N) is 2. The van der Waals surface area contributed by atoms with Crippen molar-refractivity contribution >= 4 is 35.8 Å². The zero-order valence-electron chi connectivity index (χ0n) is 33.3. The van der Waals surface area contributed by atoms with Crippen molar-refractivity contribution in [3.05, 3.63) is 47.8 Å². The molecule has 14 heteroatoms. The second-order valence-electron chi connectivity index (χ2n) is 15.9. The van der Waals surface area contributed by atoms with Gasteiger partial charge in [0.25, 0.3) is 0 Å². The molecule has 2 aromatic heterocycles. The van der Waals surface area contributed by atoms with Gasteiger partial charge in [-0.25, -0.2) is 19.6 Å². The monoisotopic (exact) mass is 787 g/mol. The third kappa shape index (κ3) is 20.0. The number of aliphatic carboxylic acids is 1. The number of piperidine rings is 2. The first-order valence-corrected chi connectivity index (χ1v) is 19.2. The Balaban J connectivity index is 0.000000542. The first kappa shape index (κ1) is 49.7. The van der Waals surface area contributed by atoms with Crippen LogP contribution in [0.5, 0.6) is 0 Å². The fourth-order valence-corrected chi connectivity index (χ4v) is 6.28. The van der Waals surface area contributed by atoms with Gasteiger partial charge in [-0.1, -0.05) is 14.9 Å². The molecule has 4 rings (SSSR count). The number of nitrogens with zero attached hydrogens (tertiary/aromatic N) is 4. The molecule has 2 fully saturated rings. The van der Waals surface area contributed by atoms with Crippen molar-refractivity contribution in [3.63, 3.8) is 0 Å². The molecule has 14 nitrogen and oxygen atoms in total. The molecule has 2 aromatic rings. The molecule has 2 aliphatic rings. The van der Waals surface area contributed by atoms with Gasteiger partial charge in [0.1, 0.15) is 22.8 Å². The molecule has 2 saturated heterocycles. The SMILES string of the molecule is C.C.CC(C)(C)OC(=O)Nc1cc(CCCN2CCC(C(=O)O)CC2)ccn1.CCOC(=O)C1CCN(CCCc2ccnc(NC(=O)OC(C)(C)C)c2)CC1. The Morgan fingerprint density at radius 2 is 1.11 bits per heavy atom. The fraction of sp³-hybridized carbons (Fsp3) is 0.667. The molecule has 4 heterocycles. The minimum atomic E-state index is -0.675. The molecule has 0 aliphatic carbocycles. The average molecular weight is 787 g/mol. The molecule has 0 aromatic carbocycles. The number of pyridine rings is 2. The number of amides is 2. The van der Waals surface area contributed by atoms with Crippen LogP contribution < -0.4 is 10.6 Å². The molecule has 0 saturated carbocycles. The van der Waals surface area contributed by atoms with Crippen LogP contribution in [-0.4, -0.2) is 106 Å². The van der Waals surface area contributed by atoms with E-state index in [-0.39, 0.29) is 32.7 Å². The van der Waals surface area contributed by atoms with Gasteiger partial charge < -0.3 is 29.1 Å². The summed E-state index contributed by atoms with van der Waals surface area (Å²) in [5.74, 6) is 0.127. The Kier molecular flexibility index (Phi) is 21.6. The second-order valence-corrected chi connectivity index (χ2v) is 15.9. The minimum absolute atomic E-state index is 0. The van der Waals surface area contributed by atoms with Gasteiger partial charge in [0.15, 0.2) is 0 Å². The van der Waals surface area contributed by atoms with Crippen LogP contribution in [0.15, 0.2) is 36.7 Å². The third-order valence-corrected chi connectivity index (χ3v) is 8.93. The maximum absolute atomic E-state index is 11.9. The van der Waals surface area contributed by atoms with Crippen LogP contribution >= 0.6 is 0 Å². The van der Waals surface area contributed by atoms with Gasteiger partial charge in [-0.2, -0.15) is 0 Å². The van der Waals surface area contributed by atoms with E-state index >= 15 is 0 Å². The number of hydrogen-bond acceptors (Lipinski definition) is 11. The lowest BCUT2D eigenvalue weighted by Gasteiger charge is -2.30. The Hall–Kier alpha value is -4.30. The van der Waals surface area contributed by atoms with Crippen molar-refractivity contribution in [3.8, 4) is 0 Å². The summed E-state index contributed by atoms with van der Waals surface area (Å²) in [4.78, 5) is 59.5. The quantitative estimate of drug-likeness (QED) is 0.132. The molecule has 3 N–H and O–H groups in total. The van der Waals surface area contributed by atoms with E-state index in [2.05, 4.69) is 30.4 Å². The van der Waals surface area contributed by atoms with Crippen LogP contribution in [0, 0.1) is 11.8 Å². The van der Waals surface area contributed by atoms with Crippen LogP contribution in [0.3, 0.4) is 0 Å². The summed E-state index contributed by atoms with van der Waals surface area (Å²) < 4.78 is 15.6. The number of carboxylic acid groups (broad SMARTS) is 1. The van der Waals surface area contributed by atoms with Gasteiger partial charge in [0.2, 0.25) is 0 Å². The van der Waals surface area contributed by atoms with E-state index in [1.165, 1.54) is 0 Å². The van der Waals surface area contributed by atoms with Gasteiger partial charge in [0, 0.05) is 12.4 Å².